The molecule has 0 aliphatic heterocycles. The summed E-state index contributed by atoms with van der Waals surface area (Å²) in [6.45, 7) is 0. The molecule has 7 heteroatoms. The van der Waals surface area contributed by atoms with Gasteiger partial charge in [0.15, 0.2) is 0 Å². The molecule has 2 atom stereocenters. The van der Waals surface area contributed by atoms with Gasteiger partial charge in [-0.2, -0.15) is 0 Å². The molecular formula is C11H13N3O4. The number of aliphatic carboxylic acids is 2. The van der Waals surface area contributed by atoms with Crippen molar-refractivity contribution in [3.05, 3.63) is 18.5 Å². The first-order valence-corrected chi connectivity index (χ1v) is 5.67. The summed E-state index contributed by atoms with van der Waals surface area (Å²) in [6.07, 6.45) is 4.32. The zero-order chi connectivity index (χ0) is 13.2. The molecule has 0 amide bonds. The highest BCUT2D eigenvalue weighted by Crippen LogP contribution is 2.42. The van der Waals surface area contributed by atoms with Crippen LogP contribution in [0.25, 0.3) is 0 Å². The van der Waals surface area contributed by atoms with Crippen molar-refractivity contribution in [1.29, 1.82) is 0 Å². The van der Waals surface area contributed by atoms with Crippen LogP contribution in [0, 0.1) is 5.92 Å². The van der Waals surface area contributed by atoms with E-state index >= 15 is 0 Å². The third-order valence-corrected chi connectivity index (χ3v) is 3.48. The van der Waals surface area contributed by atoms with Crippen molar-refractivity contribution in [1.82, 2.24) is 15.0 Å². The molecule has 7 nitrogen and oxygen atoms in total. The fourth-order valence-electron chi connectivity index (χ4n) is 2.60. The number of nitrogens with zero attached hydrogens (tertiary/aromatic N) is 3. The summed E-state index contributed by atoms with van der Waals surface area (Å²) < 4.78 is 0. The Labute approximate surface area is 103 Å². The molecular weight excluding hydrogens is 238 g/mol. The third kappa shape index (κ3) is 1.81. The van der Waals surface area contributed by atoms with E-state index in [2.05, 4.69) is 15.0 Å². The number of carbonyl (C=O) groups is 2. The van der Waals surface area contributed by atoms with Crippen molar-refractivity contribution >= 4 is 11.9 Å². The fraction of sp³-hybridized carbons (Fsp3) is 0.545. The number of carboxylic acids is 2. The molecule has 0 radical (unpaired) electrons. The molecule has 0 aromatic carbocycles. The maximum Gasteiger partial charge on any atom is 0.318 e. The average molecular weight is 251 g/mol. The molecule has 1 fully saturated rings. The zero-order valence-electron chi connectivity index (χ0n) is 9.61. The lowest BCUT2D eigenvalue weighted by atomic mass is 9.65. The normalized spacial score (nSPS) is 27.7. The van der Waals surface area contributed by atoms with Gasteiger partial charge in [0, 0.05) is 0 Å². The van der Waals surface area contributed by atoms with Crippen LogP contribution in [0.5, 0.6) is 0 Å². The summed E-state index contributed by atoms with van der Waals surface area (Å²) in [7, 11) is 0. The molecule has 2 N–H and O–H groups in total. The van der Waals surface area contributed by atoms with Crippen LogP contribution in [-0.2, 0) is 15.0 Å². The highest BCUT2D eigenvalue weighted by Gasteiger charge is 2.54. The molecule has 0 spiro atoms. The Kier molecular flexibility index (Phi) is 3.22. The fourth-order valence-corrected chi connectivity index (χ4v) is 2.60. The molecule has 18 heavy (non-hydrogen) atoms. The van der Waals surface area contributed by atoms with E-state index in [0.717, 1.165) is 0 Å². The van der Waals surface area contributed by atoms with Crippen molar-refractivity contribution in [3.63, 3.8) is 0 Å². The second kappa shape index (κ2) is 4.67. The highest BCUT2D eigenvalue weighted by atomic mass is 16.4. The average Bonchev–Trinajstić information content (AvgIpc) is 2.39. The van der Waals surface area contributed by atoms with Crippen LogP contribution >= 0.6 is 0 Å². The summed E-state index contributed by atoms with van der Waals surface area (Å²) >= 11 is 0. The minimum absolute atomic E-state index is 0.0390. The van der Waals surface area contributed by atoms with Crippen LogP contribution in [0.4, 0.5) is 0 Å². The van der Waals surface area contributed by atoms with E-state index in [1.165, 1.54) is 12.7 Å². The molecule has 96 valence electrons. The highest BCUT2D eigenvalue weighted by molar-refractivity contribution is 5.88. The Bertz CT molecular complexity index is 465. The van der Waals surface area contributed by atoms with Gasteiger partial charge in [-0.25, -0.2) is 15.0 Å². The molecule has 1 aliphatic carbocycles. The molecule has 1 saturated carbocycles. The quantitative estimate of drug-likeness (QED) is 0.802. The van der Waals surface area contributed by atoms with E-state index in [1.54, 1.807) is 0 Å². The summed E-state index contributed by atoms with van der Waals surface area (Å²) in [5, 5.41) is 18.7. The largest absolute Gasteiger partial charge is 0.481 e. The molecule has 1 aromatic heterocycles. The molecule has 1 aromatic rings. The van der Waals surface area contributed by atoms with Gasteiger partial charge in [0.1, 0.15) is 23.9 Å². The van der Waals surface area contributed by atoms with Crippen LogP contribution in [0.2, 0.25) is 0 Å². The molecule has 0 bridgehead atoms. The van der Waals surface area contributed by atoms with Gasteiger partial charge in [-0.3, -0.25) is 9.59 Å². The molecule has 0 saturated heterocycles. The summed E-state index contributed by atoms with van der Waals surface area (Å²) in [5.41, 5.74) is -1.53. The van der Waals surface area contributed by atoms with Gasteiger partial charge in [-0.15, -0.1) is 0 Å². The molecule has 2 unspecified atom stereocenters. The Hall–Kier alpha value is -2.05. The molecule has 1 aliphatic rings. The van der Waals surface area contributed by atoms with Crippen LogP contribution in [-0.4, -0.2) is 37.1 Å². The number of aromatic nitrogens is 3. The summed E-state index contributed by atoms with van der Waals surface area (Å²) in [4.78, 5) is 34.3. The van der Waals surface area contributed by atoms with Crippen LogP contribution in [0.15, 0.2) is 12.7 Å². The Morgan fingerprint density at radius 1 is 1.22 bits per heavy atom. The minimum atomic E-state index is -1.53. The predicted octanol–water partition coefficient (Wildman–Crippen LogP) is 0.469. The minimum Gasteiger partial charge on any atom is -0.481 e. The lowest BCUT2D eigenvalue weighted by molar-refractivity contribution is -0.159. The van der Waals surface area contributed by atoms with Crippen molar-refractivity contribution in [2.75, 3.05) is 0 Å². The van der Waals surface area contributed by atoms with Gasteiger partial charge in [0.05, 0.1) is 5.92 Å². The Morgan fingerprint density at radius 3 is 2.44 bits per heavy atom. The first kappa shape index (κ1) is 12.4. The summed E-state index contributed by atoms with van der Waals surface area (Å²) in [5.74, 6) is -3.25. The van der Waals surface area contributed by atoms with Gasteiger partial charge >= 0.3 is 11.9 Å². The molecule has 2 rings (SSSR count). The predicted molar refractivity (Wildman–Crippen MR) is 58.7 cm³/mol. The Morgan fingerprint density at radius 2 is 1.89 bits per heavy atom. The van der Waals surface area contributed by atoms with E-state index in [-0.39, 0.29) is 12.2 Å². The van der Waals surface area contributed by atoms with Crippen molar-refractivity contribution in [3.8, 4) is 0 Å². The number of carboxylic acid groups (broad SMARTS) is 2. The second-order valence-corrected chi connectivity index (χ2v) is 4.37. The Balaban J connectivity index is 2.54. The number of rotatable bonds is 3. The van der Waals surface area contributed by atoms with Crippen LogP contribution < -0.4 is 0 Å². The number of hydrogen-bond acceptors (Lipinski definition) is 5. The monoisotopic (exact) mass is 251 g/mol. The van der Waals surface area contributed by atoms with Crippen molar-refractivity contribution in [2.24, 2.45) is 5.92 Å². The van der Waals surface area contributed by atoms with E-state index in [0.29, 0.717) is 19.3 Å². The van der Waals surface area contributed by atoms with Crippen molar-refractivity contribution < 1.29 is 19.8 Å². The maximum atomic E-state index is 11.6. The van der Waals surface area contributed by atoms with Gasteiger partial charge in [-0.1, -0.05) is 12.8 Å². The third-order valence-electron chi connectivity index (χ3n) is 3.48. The standard InChI is InChI=1S/C11H13N3O4/c15-8(16)7-3-1-2-4-11(7,10(17)18)9-13-5-12-6-14-9/h5-7H,1-4H2,(H,15,16)(H,17,18). The molecule has 1 heterocycles. The first-order chi connectivity index (χ1) is 8.59. The van der Waals surface area contributed by atoms with Gasteiger partial charge < -0.3 is 10.2 Å². The maximum absolute atomic E-state index is 11.6. The van der Waals surface area contributed by atoms with E-state index < -0.39 is 23.3 Å². The first-order valence-electron chi connectivity index (χ1n) is 5.67. The summed E-state index contributed by atoms with van der Waals surface area (Å²) in [6, 6.07) is 0. The van der Waals surface area contributed by atoms with Crippen LogP contribution in [0.3, 0.4) is 0 Å². The van der Waals surface area contributed by atoms with Gasteiger partial charge in [-0.05, 0) is 12.8 Å². The van der Waals surface area contributed by atoms with Gasteiger partial charge in [0.25, 0.3) is 0 Å². The van der Waals surface area contributed by atoms with E-state index in [9.17, 15) is 19.8 Å². The lowest BCUT2D eigenvalue weighted by Crippen LogP contribution is -2.49. The second-order valence-electron chi connectivity index (χ2n) is 4.37. The van der Waals surface area contributed by atoms with Crippen molar-refractivity contribution in [2.45, 2.75) is 31.1 Å². The van der Waals surface area contributed by atoms with E-state index in [1.807, 2.05) is 0 Å². The smallest absolute Gasteiger partial charge is 0.318 e. The number of hydrogen-bond donors (Lipinski definition) is 2. The lowest BCUT2D eigenvalue weighted by Gasteiger charge is -2.36. The van der Waals surface area contributed by atoms with Crippen LogP contribution in [0.1, 0.15) is 31.5 Å². The van der Waals surface area contributed by atoms with E-state index in [4.69, 9.17) is 0 Å². The SMILES string of the molecule is O=C(O)C1CCCCC1(C(=O)O)c1ncncn1. The zero-order valence-corrected chi connectivity index (χ0v) is 9.61. The topological polar surface area (TPSA) is 113 Å². The van der Waals surface area contributed by atoms with Gasteiger partial charge in [0.2, 0.25) is 0 Å².